The van der Waals surface area contributed by atoms with E-state index in [1.165, 1.54) is 19.3 Å². The molecule has 2 fully saturated rings. The molecule has 4 rings (SSSR count). The summed E-state index contributed by atoms with van der Waals surface area (Å²) in [6, 6.07) is 0.103. The Morgan fingerprint density at radius 2 is 2.29 bits per heavy atom. The zero-order chi connectivity index (χ0) is 16.4. The summed E-state index contributed by atoms with van der Waals surface area (Å²) in [4.78, 5) is 17.6. The van der Waals surface area contributed by atoms with E-state index in [1.54, 1.807) is 11.3 Å². The molecule has 1 atom stereocenters. The Hall–Kier alpha value is -1.60. The first-order valence-electron chi connectivity index (χ1n) is 8.82. The molecule has 2 N–H and O–H groups in total. The van der Waals surface area contributed by atoms with Gasteiger partial charge < -0.3 is 15.4 Å². The van der Waals surface area contributed by atoms with Crippen molar-refractivity contribution in [2.24, 2.45) is 0 Å². The van der Waals surface area contributed by atoms with Crippen LogP contribution in [-0.4, -0.2) is 33.7 Å². The average molecular weight is 348 g/mol. The minimum atomic E-state index is -0.107. The minimum absolute atomic E-state index is 0.0166. The second kappa shape index (κ2) is 6.72. The lowest BCUT2D eigenvalue weighted by Gasteiger charge is -2.43. The van der Waals surface area contributed by atoms with E-state index in [0.29, 0.717) is 6.54 Å². The first-order valence-corrected chi connectivity index (χ1v) is 9.70. The van der Waals surface area contributed by atoms with Crippen LogP contribution in [0.2, 0.25) is 0 Å². The zero-order valence-corrected chi connectivity index (χ0v) is 14.6. The Balaban J connectivity index is 1.28. The number of rotatable bonds is 3. The van der Waals surface area contributed by atoms with Crippen molar-refractivity contribution < 1.29 is 9.53 Å². The van der Waals surface area contributed by atoms with Crippen LogP contribution in [0.25, 0.3) is 4.96 Å². The van der Waals surface area contributed by atoms with Gasteiger partial charge in [-0.15, -0.1) is 11.3 Å². The monoisotopic (exact) mass is 348 g/mol. The number of nitrogens with one attached hydrogen (secondary N) is 2. The van der Waals surface area contributed by atoms with E-state index < -0.39 is 0 Å². The highest BCUT2D eigenvalue weighted by Crippen LogP contribution is 2.38. The molecule has 7 heteroatoms. The van der Waals surface area contributed by atoms with Crippen LogP contribution in [0.4, 0.5) is 4.79 Å². The van der Waals surface area contributed by atoms with Gasteiger partial charge in [-0.1, -0.05) is 19.3 Å². The van der Waals surface area contributed by atoms with Crippen LogP contribution in [0.1, 0.15) is 50.6 Å². The maximum Gasteiger partial charge on any atom is 0.315 e. The van der Waals surface area contributed by atoms with Crippen molar-refractivity contribution in [3.05, 3.63) is 23.5 Å². The Bertz CT molecular complexity index is 670. The van der Waals surface area contributed by atoms with Crippen molar-refractivity contribution in [1.82, 2.24) is 20.0 Å². The number of fused-ring (bicyclic) bond motifs is 1. The lowest BCUT2D eigenvalue weighted by molar-refractivity contribution is -0.107. The van der Waals surface area contributed by atoms with E-state index in [1.807, 2.05) is 22.2 Å². The van der Waals surface area contributed by atoms with Gasteiger partial charge >= 0.3 is 6.03 Å². The fraction of sp³-hybridized carbons (Fsp3) is 0.647. The Kier molecular flexibility index (Phi) is 4.45. The molecule has 2 aromatic heterocycles. The molecule has 1 saturated heterocycles. The summed E-state index contributed by atoms with van der Waals surface area (Å²) in [5.74, 6) is 0. The van der Waals surface area contributed by atoms with Crippen LogP contribution in [0.15, 0.2) is 17.8 Å². The highest BCUT2D eigenvalue weighted by molar-refractivity contribution is 7.15. The summed E-state index contributed by atoms with van der Waals surface area (Å²) in [6.07, 6.45) is 11.9. The number of thiazole rings is 1. The molecular formula is C17H24N4O2S. The third-order valence-corrected chi connectivity index (χ3v) is 5.94. The van der Waals surface area contributed by atoms with Gasteiger partial charge in [0.2, 0.25) is 0 Å². The number of urea groups is 1. The van der Waals surface area contributed by atoms with E-state index in [-0.39, 0.29) is 17.7 Å². The number of hydrogen-bond acceptors (Lipinski definition) is 4. The number of carbonyl (C=O) groups excluding carboxylic acids is 1. The molecule has 2 amide bonds. The van der Waals surface area contributed by atoms with Gasteiger partial charge in [0.25, 0.3) is 0 Å². The summed E-state index contributed by atoms with van der Waals surface area (Å²) in [6.45, 7) is 1.21. The van der Waals surface area contributed by atoms with Gasteiger partial charge in [-0.05, 0) is 25.7 Å². The minimum Gasteiger partial charge on any atom is -0.375 e. The first-order chi connectivity index (χ1) is 11.7. The fourth-order valence-electron chi connectivity index (χ4n) is 3.96. The van der Waals surface area contributed by atoms with E-state index in [4.69, 9.17) is 4.74 Å². The largest absolute Gasteiger partial charge is 0.375 e. The Labute approximate surface area is 145 Å². The predicted molar refractivity (Wildman–Crippen MR) is 93.2 cm³/mol. The van der Waals surface area contributed by atoms with Crippen molar-refractivity contribution in [3.63, 3.8) is 0 Å². The normalized spacial score (nSPS) is 23.4. The van der Waals surface area contributed by atoms with Crippen LogP contribution < -0.4 is 10.6 Å². The zero-order valence-electron chi connectivity index (χ0n) is 13.8. The molecule has 24 heavy (non-hydrogen) atoms. The molecule has 0 bridgehead atoms. The van der Waals surface area contributed by atoms with Crippen molar-refractivity contribution >= 4 is 22.3 Å². The van der Waals surface area contributed by atoms with Gasteiger partial charge in [-0.3, -0.25) is 4.40 Å². The number of imidazole rings is 1. The molecule has 1 spiro atoms. The summed E-state index contributed by atoms with van der Waals surface area (Å²) in [7, 11) is 0. The molecule has 1 saturated carbocycles. The SMILES string of the molecule is O=C(NCc1cn2ccsc2n1)NC1CCOC2(CCCCC2)C1. The summed E-state index contributed by atoms with van der Waals surface area (Å²) < 4.78 is 8.07. The Morgan fingerprint density at radius 1 is 1.42 bits per heavy atom. The van der Waals surface area contributed by atoms with Crippen molar-refractivity contribution in [2.45, 2.75) is 63.1 Å². The van der Waals surface area contributed by atoms with Crippen LogP contribution in [0, 0.1) is 0 Å². The van der Waals surface area contributed by atoms with Crippen molar-refractivity contribution in [3.8, 4) is 0 Å². The molecule has 2 aliphatic rings. The molecule has 3 heterocycles. The molecule has 130 valence electrons. The smallest absolute Gasteiger partial charge is 0.315 e. The highest BCUT2D eigenvalue weighted by Gasteiger charge is 2.38. The van der Waals surface area contributed by atoms with Gasteiger partial charge in [-0.2, -0.15) is 0 Å². The van der Waals surface area contributed by atoms with Crippen LogP contribution >= 0.6 is 11.3 Å². The highest BCUT2D eigenvalue weighted by atomic mass is 32.1. The molecule has 1 aliphatic heterocycles. The van der Waals surface area contributed by atoms with E-state index in [9.17, 15) is 4.79 Å². The van der Waals surface area contributed by atoms with Gasteiger partial charge in [0.15, 0.2) is 4.96 Å². The number of amides is 2. The second-order valence-electron chi connectivity index (χ2n) is 6.93. The van der Waals surface area contributed by atoms with Gasteiger partial charge in [0.05, 0.1) is 17.8 Å². The molecule has 6 nitrogen and oxygen atoms in total. The topological polar surface area (TPSA) is 67.7 Å². The fourth-order valence-corrected chi connectivity index (χ4v) is 4.68. The number of nitrogens with zero attached hydrogens (tertiary/aromatic N) is 2. The van der Waals surface area contributed by atoms with Crippen LogP contribution in [0.5, 0.6) is 0 Å². The third kappa shape index (κ3) is 3.42. The van der Waals surface area contributed by atoms with Crippen molar-refractivity contribution in [2.75, 3.05) is 6.61 Å². The summed E-state index contributed by atoms with van der Waals surface area (Å²) in [5.41, 5.74) is 0.899. The standard InChI is InChI=1S/C17H24N4O2S/c22-15(18-11-14-12-21-7-9-24-16(21)20-14)19-13-4-8-23-17(10-13)5-2-1-3-6-17/h7,9,12-13H,1-6,8,10-11H2,(H2,18,19,22). The number of carbonyl (C=O) groups is 1. The average Bonchev–Trinajstić information content (AvgIpc) is 3.15. The molecule has 0 radical (unpaired) electrons. The quantitative estimate of drug-likeness (QED) is 0.896. The van der Waals surface area contributed by atoms with E-state index in [2.05, 4.69) is 15.6 Å². The maximum absolute atomic E-state index is 12.2. The summed E-state index contributed by atoms with van der Waals surface area (Å²) >= 11 is 1.59. The lowest BCUT2D eigenvalue weighted by Crippen LogP contribution is -2.51. The molecule has 1 aliphatic carbocycles. The van der Waals surface area contributed by atoms with Crippen LogP contribution in [0.3, 0.4) is 0 Å². The Morgan fingerprint density at radius 3 is 3.12 bits per heavy atom. The number of aromatic nitrogens is 2. The maximum atomic E-state index is 12.2. The molecule has 2 aromatic rings. The van der Waals surface area contributed by atoms with Crippen molar-refractivity contribution in [1.29, 1.82) is 0 Å². The lowest BCUT2D eigenvalue weighted by atomic mass is 9.78. The van der Waals surface area contributed by atoms with Gasteiger partial charge in [0, 0.05) is 30.4 Å². The second-order valence-corrected chi connectivity index (χ2v) is 7.81. The predicted octanol–water partition coefficient (Wildman–Crippen LogP) is 3.08. The third-order valence-electron chi connectivity index (χ3n) is 5.17. The van der Waals surface area contributed by atoms with E-state index >= 15 is 0 Å². The number of hydrogen-bond donors (Lipinski definition) is 2. The molecule has 0 aromatic carbocycles. The van der Waals surface area contributed by atoms with Crippen LogP contribution in [-0.2, 0) is 11.3 Å². The van der Waals surface area contributed by atoms with E-state index in [0.717, 1.165) is 42.9 Å². The molecule has 1 unspecified atom stereocenters. The van der Waals surface area contributed by atoms with Gasteiger partial charge in [0.1, 0.15) is 0 Å². The first kappa shape index (κ1) is 15.9. The van der Waals surface area contributed by atoms with Gasteiger partial charge in [-0.25, -0.2) is 9.78 Å². The number of ether oxygens (including phenoxy) is 1. The molecular weight excluding hydrogens is 324 g/mol. The summed E-state index contributed by atoms with van der Waals surface area (Å²) in [5, 5.41) is 8.05.